The van der Waals surface area contributed by atoms with E-state index in [1.54, 1.807) is 0 Å². The first-order chi connectivity index (χ1) is 7.95. The first-order valence-corrected chi connectivity index (χ1v) is 6.27. The van der Waals surface area contributed by atoms with E-state index in [2.05, 4.69) is 35.6 Å². The highest BCUT2D eigenvalue weighted by Crippen LogP contribution is 2.08. The number of nitrogens with one attached hydrogen (secondary N) is 1. The maximum Gasteiger partial charge on any atom is 0.0469 e. The Hall–Kier alpha value is -0.860. The fraction of sp³-hybridized carbons (Fsp3) is 0.571. The number of hydrogen-bond donors (Lipinski definition) is 1. The Bertz CT molecular complexity index is 282. The van der Waals surface area contributed by atoms with Crippen molar-refractivity contribution in [2.45, 2.75) is 19.3 Å². The van der Waals surface area contributed by atoms with Gasteiger partial charge in [0.25, 0.3) is 0 Å². The summed E-state index contributed by atoms with van der Waals surface area (Å²) < 4.78 is 5.63. The fourth-order valence-electron chi connectivity index (χ4n) is 1.93. The van der Waals surface area contributed by atoms with Crippen molar-refractivity contribution < 1.29 is 4.74 Å². The van der Waals surface area contributed by atoms with Crippen LogP contribution in [0.15, 0.2) is 30.3 Å². The monoisotopic (exact) mass is 219 g/mol. The predicted octanol–water partition coefficient (Wildman–Crippen LogP) is 2.25. The molecule has 0 aliphatic carbocycles. The van der Waals surface area contributed by atoms with Gasteiger partial charge < -0.3 is 10.1 Å². The van der Waals surface area contributed by atoms with Crippen LogP contribution in [0.25, 0.3) is 0 Å². The lowest BCUT2D eigenvalue weighted by atomic mass is 10.0. The molecule has 1 aromatic carbocycles. The van der Waals surface area contributed by atoms with E-state index in [4.69, 9.17) is 4.74 Å². The van der Waals surface area contributed by atoms with Crippen molar-refractivity contribution in [3.8, 4) is 0 Å². The Morgan fingerprint density at radius 2 is 1.94 bits per heavy atom. The van der Waals surface area contributed by atoms with Crippen LogP contribution in [0.5, 0.6) is 0 Å². The summed E-state index contributed by atoms with van der Waals surface area (Å²) in [6.45, 7) is 4.21. The average Bonchev–Trinajstić information content (AvgIpc) is 2.27. The minimum atomic E-state index is 0.870. The van der Waals surface area contributed by atoms with E-state index in [1.165, 1.54) is 25.1 Å². The highest BCUT2D eigenvalue weighted by Gasteiger charge is 2.15. The van der Waals surface area contributed by atoms with Crippen LogP contribution >= 0.6 is 0 Å². The van der Waals surface area contributed by atoms with Gasteiger partial charge in [-0.15, -0.1) is 0 Å². The molecule has 1 aromatic rings. The van der Waals surface area contributed by atoms with Crippen LogP contribution in [-0.2, 0) is 11.2 Å². The van der Waals surface area contributed by atoms with Gasteiger partial charge in [-0.25, -0.2) is 0 Å². The molecule has 88 valence electrons. The third-order valence-electron chi connectivity index (χ3n) is 3.13. The van der Waals surface area contributed by atoms with Gasteiger partial charge in [0, 0.05) is 13.2 Å². The van der Waals surface area contributed by atoms with Crippen LogP contribution in [0.2, 0.25) is 0 Å². The molecule has 0 spiro atoms. The topological polar surface area (TPSA) is 21.3 Å². The maximum absolute atomic E-state index is 5.63. The second kappa shape index (κ2) is 6.66. The highest BCUT2D eigenvalue weighted by molar-refractivity contribution is 5.14. The van der Waals surface area contributed by atoms with Gasteiger partial charge in [-0.05, 0) is 43.8 Å². The Labute approximate surface area is 98.0 Å². The Morgan fingerprint density at radius 3 is 2.62 bits per heavy atom. The molecule has 0 bridgehead atoms. The van der Waals surface area contributed by atoms with Gasteiger partial charge in [-0.2, -0.15) is 0 Å². The molecule has 0 unspecified atom stereocenters. The Kier molecular flexibility index (Phi) is 4.84. The fourth-order valence-corrected chi connectivity index (χ4v) is 1.93. The molecule has 16 heavy (non-hydrogen) atoms. The van der Waals surface area contributed by atoms with Crippen molar-refractivity contribution in [2.75, 3.05) is 26.3 Å². The third-order valence-corrected chi connectivity index (χ3v) is 3.13. The zero-order valence-electron chi connectivity index (χ0n) is 9.82. The van der Waals surface area contributed by atoms with Gasteiger partial charge in [-0.3, -0.25) is 0 Å². The van der Waals surface area contributed by atoms with E-state index < -0.39 is 0 Å². The predicted molar refractivity (Wildman–Crippen MR) is 66.6 cm³/mol. The zero-order chi connectivity index (χ0) is 11.1. The van der Waals surface area contributed by atoms with Gasteiger partial charge in [-0.1, -0.05) is 30.3 Å². The van der Waals surface area contributed by atoms with Gasteiger partial charge in [0.2, 0.25) is 0 Å². The Balaban J connectivity index is 1.45. The summed E-state index contributed by atoms with van der Waals surface area (Å²) in [6, 6.07) is 10.6. The molecule has 2 heteroatoms. The van der Waals surface area contributed by atoms with E-state index >= 15 is 0 Å². The minimum Gasteiger partial charge on any atom is -0.381 e. The third kappa shape index (κ3) is 3.95. The number of ether oxygens (including phenoxy) is 1. The van der Waals surface area contributed by atoms with Crippen molar-refractivity contribution >= 4 is 0 Å². The summed E-state index contributed by atoms with van der Waals surface area (Å²) in [4.78, 5) is 0. The van der Waals surface area contributed by atoms with E-state index in [0.717, 1.165) is 32.0 Å². The quantitative estimate of drug-likeness (QED) is 0.710. The lowest BCUT2D eigenvalue weighted by Crippen LogP contribution is -2.42. The lowest BCUT2D eigenvalue weighted by Gasteiger charge is -2.26. The van der Waals surface area contributed by atoms with Crippen molar-refractivity contribution in [2.24, 2.45) is 5.92 Å². The number of hydrogen-bond acceptors (Lipinski definition) is 2. The maximum atomic E-state index is 5.63. The number of benzene rings is 1. The number of aryl methyl sites for hydroxylation is 1. The molecule has 1 aliphatic heterocycles. The lowest BCUT2D eigenvalue weighted by molar-refractivity contribution is 0.109. The van der Waals surface area contributed by atoms with Gasteiger partial charge in [0.1, 0.15) is 0 Å². The summed E-state index contributed by atoms with van der Waals surface area (Å²) in [6.07, 6.45) is 3.48. The average molecular weight is 219 g/mol. The van der Waals surface area contributed by atoms with Crippen LogP contribution < -0.4 is 5.32 Å². The van der Waals surface area contributed by atoms with Gasteiger partial charge >= 0.3 is 0 Å². The minimum absolute atomic E-state index is 0.870. The molecule has 1 aliphatic rings. The van der Waals surface area contributed by atoms with Crippen LogP contribution in [0.4, 0.5) is 0 Å². The molecule has 1 fully saturated rings. The molecule has 1 heterocycles. The first kappa shape index (κ1) is 11.6. The molecular formula is C14H21NO. The van der Waals surface area contributed by atoms with E-state index in [1.807, 2.05) is 0 Å². The smallest absolute Gasteiger partial charge is 0.0469 e. The van der Waals surface area contributed by atoms with Gasteiger partial charge in [0.05, 0.1) is 0 Å². The first-order valence-electron chi connectivity index (χ1n) is 6.27. The van der Waals surface area contributed by atoms with E-state index in [-0.39, 0.29) is 0 Å². The van der Waals surface area contributed by atoms with Crippen molar-refractivity contribution in [1.29, 1.82) is 0 Å². The molecule has 0 aromatic heterocycles. The molecule has 2 nitrogen and oxygen atoms in total. The van der Waals surface area contributed by atoms with Crippen molar-refractivity contribution in [3.05, 3.63) is 35.9 Å². The van der Waals surface area contributed by atoms with Crippen LogP contribution in [0, 0.1) is 5.92 Å². The SMILES string of the molecule is c1ccc(CCCOCCC2CNC2)cc1. The second-order valence-corrected chi connectivity index (χ2v) is 4.51. The summed E-state index contributed by atoms with van der Waals surface area (Å²) in [5.74, 6) is 0.870. The summed E-state index contributed by atoms with van der Waals surface area (Å²) in [5, 5.41) is 3.28. The molecular weight excluding hydrogens is 198 g/mol. The van der Waals surface area contributed by atoms with E-state index in [0.29, 0.717) is 0 Å². The molecule has 0 amide bonds. The van der Waals surface area contributed by atoms with Gasteiger partial charge in [0.15, 0.2) is 0 Å². The molecule has 0 radical (unpaired) electrons. The number of rotatable bonds is 7. The van der Waals surface area contributed by atoms with Crippen molar-refractivity contribution in [1.82, 2.24) is 5.32 Å². The molecule has 2 rings (SSSR count). The zero-order valence-corrected chi connectivity index (χ0v) is 9.82. The van der Waals surface area contributed by atoms with Crippen LogP contribution in [0.3, 0.4) is 0 Å². The van der Waals surface area contributed by atoms with Crippen molar-refractivity contribution in [3.63, 3.8) is 0 Å². The largest absolute Gasteiger partial charge is 0.381 e. The summed E-state index contributed by atoms with van der Waals surface area (Å²) in [5.41, 5.74) is 1.41. The summed E-state index contributed by atoms with van der Waals surface area (Å²) in [7, 11) is 0. The Morgan fingerprint density at radius 1 is 1.12 bits per heavy atom. The molecule has 0 atom stereocenters. The molecule has 0 saturated carbocycles. The highest BCUT2D eigenvalue weighted by atomic mass is 16.5. The van der Waals surface area contributed by atoms with E-state index in [9.17, 15) is 0 Å². The normalized spacial score (nSPS) is 16.0. The molecule has 1 saturated heterocycles. The van der Waals surface area contributed by atoms with Crippen LogP contribution in [0.1, 0.15) is 18.4 Å². The standard InChI is InChI=1S/C14H21NO/c1-2-5-13(6-3-1)7-4-9-16-10-8-14-11-15-12-14/h1-3,5-6,14-15H,4,7-12H2. The summed E-state index contributed by atoms with van der Waals surface area (Å²) >= 11 is 0. The molecule has 1 N–H and O–H groups in total. The second-order valence-electron chi connectivity index (χ2n) is 4.51. The van der Waals surface area contributed by atoms with Crippen LogP contribution in [-0.4, -0.2) is 26.3 Å².